The lowest BCUT2D eigenvalue weighted by Gasteiger charge is -2.48. The van der Waals surface area contributed by atoms with Gasteiger partial charge in [0.1, 0.15) is 5.60 Å². The van der Waals surface area contributed by atoms with Crippen LogP contribution in [0.25, 0.3) is 10.9 Å². The Morgan fingerprint density at radius 1 is 1.03 bits per heavy atom. The number of fused-ring (bicyclic) bond motifs is 1. The van der Waals surface area contributed by atoms with Crippen molar-refractivity contribution in [3.63, 3.8) is 0 Å². The number of pyridine rings is 1. The molecule has 3 fully saturated rings. The van der Waals surface area contributed by atoms with Crippen molar-refractivity contribution in [3.8, 4) is 0 Å². The first-order chi connectivity index (χ1) is 16.4. The highest BCUT2D eigenvalue weighted by atomic mass is 35.5. The molecule has 6 nitrogen and oxygen atoms in total. The average Bonchev–Trinajstić information content (AvgIpc) is 2.84. The van der Waals surface area contributed by atoms with Crippen LogP contribution >= 0.6 is 11.6 Å². The molecular formula is C27H38ClN3O3. The van der Waals surface area contributed by atoms with E-state index in [4.69, 9.17) is 26.1 Å². The van der Waals surface area contributed by atoms with Gasteiger partial charge in [0.05, 0.1) is 12.1 Å². The molecule has 186 valence electrons. The van der Waals surface area contributed by atoms with E-state index in [1.165, 1.54) is 25.7 Å². The fraction of sp³-hybridized carbons (Fsp3) is 0.667. The number of benzene rings is 1. The van der Waals surface area contributed by atoms with E-state index in [2.05, 4.69) is 34.3 Å². The summed E-state index contributed by atoms with van der Waals surface area (Å²) >= 11 is 6.15. The summed E-state index contributed by atoms with van der Waals surface area (Å²) in [7, 11) is 0. The second kappa shape index (κ2) is 9.90. The third kappa shape index (κ3) is 5.21. The van der Waals surface area contributed by atoms with Crippen LogP contribution in [0.1, 0.15) is 72.1 Å². The van der Waals surface area contributed by atoms with Crippen molar-refractivity contribution in [2.45, 2.75) is 102 Å². The molecule has 2 saturated carbocycles. The Hall–Kier alpha value is -1.44. The number of anilines is 1. The summed E-state index contributed by atoms with van der Waals surface area (Å²) in [6, 6.07) is 9.77. The van der Waals surface area contributed by atoms with Crippen molar-refractivity contribution in [2.75, 3.05) is 18.5 Å². The zero-order valence-corrected chi connectivity index (χ0v) is 21.4. The second-order valence-electron chi connectivity index (χ2n) is 10.9. The average molecular weight is 488 g/mol. The molecule has 2 heterocycles. The molecule has 0 radical (unpaired) electrons. The van der Waals surface area contributed by atoms with Crippen LogP contribution in [0.2, 0.25) is 5.02 Å². The molecule has 1 N–H and O–H groups in total. The van der Waals surface area contributed by atoms with Crippen molar-refractivity contribution >= 4 is 28.2 Å². The molecule has 1 aliphatic heterocycles. The standard InChI is InChI=1S/C27H38ClN3O3/c1-4-31(22-11-14-27(15-12-22)32-18-26(2,3)33-34-27)21-8-6-20(7-9-21)30-24-13-16-29-25-17-19(28)5-10-23(24)25/h5,10,13,16-17,20-22H,4,6-9,11-12,14-15,18H2,1-3H3,(H,29,30)/t20-,21+,22?,27?. The Kier molecular flexibility index (Phi) is 7.07. The molecule has 2 aliphatic carbocycles. The van der Waals surface area contributed by atoms with Gasteiger partial charge < -0.3 is 10.1 Å². The maximum atomic E-state index is 6.15. The molecule has 34 heavy (non-hydrogen) atoms. The molecule has 3 aliphatic rings. The van der Waals surface area contributed by atoms with Gasteiger partial charge in [-0.05, 0) is 83.2 Å². The minimum Gasteiger partial charge on any atom is -0.382 e. The first-order valence-electron chi connectivity index (χ1n) is 12.9. The van der Waals surface area contributed by atoms with Gasteiger partial charge >= 0.3 is 0 Å². The van der Waals surface area contributed by atoms with Crippen LogP contribution in [0.3, 0.4) is 0 Å². The maximum Gasteiger partial charge on any atom is 0.201 e. The van der Waals surface area contributed by atoms with E-state index >= 15 is 0 Å². The minimum atomic E-state index is -0.537. The van der Waals surface area contributed by atoms with Crippen LogP contribution in [0, 0.1) is 0 Å². The van der Waals surface area contributed by atoms with Crippen LogP contribution < -0.4 is 5.32 Å². The van der Waals surface area contributed by atoms with Crippen molar-refractivity contribution in [1.29, 1.82) is 0 Å². The molecule has 0 unspecified atom stereocenters. The van der Waals surface area contributed by atoms with Gasteiger partial charge in [-0.15, -0.1) is 0 Å². The Labute approximate surface area is 208 Å². The van der Waals surface area contributed by atoms with Crippen LogP contribution in [0.15, 0.2) is 30.5 Å². The van der Waals surface area contributed by atoms with Crippen molar-refractivity contribution in [2.24, 2.45) is 0 Å². The molecule has 5 rings (SSSR count). The molecule has 1 saturated heterocycles. The van der Waals surface area contributed by atoms with Crippen LogP contribution in [0.5, 0.6) is 0 Å². The van der Waals surface area contributed by atoms with Gasteiger partial charge in [-0.3, -0.25) is 9.88 Å². The van der Waals surface area contributed by atoms with E-state index in [1.807, 2.05) is 32.2 Å². The quantitative estimate of drug-likeness (QED) is 0.497. The summed E-state index contributed by atoms with van der Waals surface area (Å²) in [5.41, 5.74) is 1.74. The van der Waals surface area contributed by atoms with Crippen LogP contribution in [0.4, 0.5) is 5.69 Å². The van der Waals surface area contributed by atoms with E-state index < -0.39 is 5.79 Å². The number of nitrogens with one attached hydrogen (secondary N) is 1. The Bertz CT molecular complexity index is 972. The highest BCUT2D eigenvalue weighted by molar-refractivity contribution is 6.31. The molecule has 0 amide bonds. The van der Waals surface area contributed by atoms with Crippen molar-refractivity contribution < 1.29 is 14.5 Å². The number of aromatic nitrogens is 1. The smallest absolute Gasteiger partial charge is 0.201 e. The van der Waals surface area contributed by atoms with Crippen molar-refractivity contribution in [3.05, 3.63) is 35.5 Å². The van der Waals surface area contributed by atoms with Crippen LogP contribution in [-0.2, 0) is 14.5 Å². The lowest BCUT2D eigenvalue weighted by molar-refractivity contribution is -0.512. The van der Waals surface area contributed by atoms with E-state index in [0.717, 1.165) is 53.8 Å². The lowest BCUT2D eigenvalue weighted by atomic mass is 9.84. The topological polar surface area (TPSA) is 55.9 Å². The summed E-state index contributed by atoms with van der Waals surface area (Å²) in [5, 5.41) is 5.66. The van der Waals surface area contributed by atoms with E-state index in [1.54, 1.807) is 0 Å². The molecule has 1 spiro atoms. The van der Waals surface area contributed by atoms with Gasteiger partial charge in [-0.25, -0.2) is 9.78 Å². The maximum absolute atomic E-state index is 6.15. The fourth-order valence-electron chi connectivity index (χ4n) is 5.98. The molecule has 7 heteroatoms. The highest BCUT2D eigenvalue weighted by Crippen LogP contribution is 2.41. The number of rotatable bonds is 5. The predicted octanol–water partition coefficient (Wildman–Crippen LogP) is 6.33. The van der Waals surface area contributed by atoms with Gasteiger partial charge in [0.2, 0.25) is 5.79 Å². The largest absolute Gasteiger partial charge is 0.382 e. The summed E-state index contributed by atoms with van der Waals surface area (Å²) in [4.78, 5) is 18.6. The monoisotopic (exact) mass is 487 g/mol. The predicted molar refractivity (Wildman–Crippen MR) is 136 cm³/mol. The summed E-state index contributed by atoms with van der Waals surface area (Å²) in [5.74, 6) is -0.537. The first-order valence-corrected chi connectivity index (χ1v) is 13.3. The highest BCUT2D eigenvalue weighted by Gasteiger charge is 2.46. The first kappa shape index (κ1) is 24.3. The fourth-order valence-corrected chi connectivity index (χ4v) is 6.14. The summed E-state index contributed by atoms with van der Waals surface area (Å²) in [6.07, 6.45) is 10.7. The van der Waals surface area contributed by atoms with Crippen molar-refractivity contribution in [1.82, 2.24) is 9.88 Å². The molecular weight excluding hydrogens is 450 g/mol. The number of nitrogens with zero attached hydrogens (tertiary/aromatic N) is 2. The second-order valence-corrected chi connectivity index (χ2v) is 11.3. The zero-order chi connectivity index (χ0) is 23.8. The molecule has 0 bridgehead atoms. The summed E-state index contributed by atoms with van der Waals surface area (Å²) in [6.45, 7) is 8.00. The molecule has 0 atom stereocenters. The Morgan fingerprint density at radius 2 is 1.76 bits per heavy atom. The third-order valence-electron chi connectivity index (χ3n) is 7.88. The van der Waals surface area contributed by atoms with E-state index in [9.17, 15) is 0 Å². The molecule has 1 aromatic heterocycles. The Morgan fingerprint density at radius 3 is 2.44 bits per heavy atom. The third-order valence-corrected chi connectivity index (χ3v) is 8.12. The minimum absolute atomic E-state index is 0.361. The van der Waals surface area contributed by atoms with Gasteiger partial charge in [-0.2, -0.15) is 0 Å². The van der Waals surface area contributed by atoms with E-state index in [-0.39, 0.29) is 5.60 Å². The normalized spacial score (nSPS) is 31.7. The summed E-state index contributed by atoms with van der Waals surface area (Å²) < 4.78 is 6.15. The SMILES string of the molecule is CCN(C1CCC2(CC1)OCC(C)(C)OO2)[C@H]1CC[C@@H](Nc2ccnc3cc(Cl)ccc23)CC1. The molecule has 2 aromatic rings. The zero-order valence-electron chi connectivity index (χ0n) is 20.7. The van der Waals surface area contributed by atoms with Gasteiger partial charge in [0.15, 0.2) is 0 Å². The van der Waals surface area contributed by atoms with Gasteiger partial charge in [-0.1, -0.05) is 18.5 Å². The lowest BCUT2D eigenvalue weighted by Crippen LogP contribution is -2.54. The molecule has 1 aromatic carbocycles. The number of hydrogen-bond donors (Lipinski definition) is 1. The number of hydrogen-bond acceptors (Lipinski definition) is 6. The Balaban J connectivity index is 1.15. The van der Waals surface area contributed by atoms with E-state index in [0.29, 0.717) is 24.7 Å². The van der Waals surface area contributed by atoms with Gasteiger partial charge in [0.25, 0.3) is 0 Å². The number of ether oxygens (including phenoxy) is 1. The van der Waals surface area contributed by atoms with Crippen LogP contribution in [-0.4, -0.2) is 52.5 Å². The van der Waals surface area contributed by atoms with Gasteiger partial charge in [0, 0.05) is 53.3 Å². The number of halogens is 1.